The first kappa shape index (κ1) is 17.6. The number of hydrogen-bond acceptors (Lipinski definition) is 5. The summed E-state index contributed by atoms with van der Waals surface area (Å²) >= 11 is 7.51. The molecule has 7 nitrogen and oxygen atoms in total. The molecule has 0 bridgehead atoms. The minimum Gasteiger partial charge on any atom is -0.495 e. The maximum Gasteiger partial charge on any atom is 0.283 e. The third kappa shape index (κ3) is 3.07. The van der Waals surface area contributed by atoms with Gasteiger partial charge < -0.3 is 9.30 Å². The molecule has 1 aromatic carbocycles. The molecule has 0 saturated carbocycles. The zero-order chi connectivity index (χ0) is 19.1. The van der Waals surface area contributed by atoms with Gasteiger partial charge in [0, 0.05) is 17.6 Å². The number of aromatic nitrogens is 1. The molecule has 2 aliphatic rings. The topological polar surface area (TPSA) is 83.0 Å². The number of aliphatic imine (C=N–C) groups is 1. The fraction of sp³-hybridized carbons (Fsp3) is 0.111. The van der Waals surface area contributed by atoms with Gasteiger partial charge in [0.05, 0.1) is 22.7 Å². The number of ether oxygens (including phenoxy) is 1. The summed E-state index contributed by atoms with van der Waals surface area (Å²) < 4.78 is 7.05. The number of rotatable bonds is 3. The molecule has 0 radical (unpaired) electrons. The second-order valence-corrected chi connectivity index (χ2v) is 7.33. The minimum absolute atomic E-state index is 0.00913. The van der Waals surface area contributed by atoms with Crippen LogP contribution in [-0.2, 0) is 4.79 Å². The first-order valence-electron chi connectivity index (χ1n) is 7.96. The third-order valence-electron chi connectivity index (χ3n) is 4.04. The van der Waals surface area contributed by atoms with E-state index in [1.165, 1.54) is 16.8 Å². The number of amidine groups is 2. The molecule has 27 heavy (non-hydrogen) atoms. The van der Waals surface area contributed by atoms with Gasteiger partial charge in [-0.25, -0.2) is 0 Å². The first-order valence-corrected chi connectivity index (χ1v) is 9.15. The molecule has 0 aliphatic carbocycles. The number of halogens is 1. The van der Waals surface area contributed by atoms with Crippen molar-refractivity contribution >= 4 is 51.4 Å². The maximum absolute atomic E-state index is 12.4. The van der Waals surface area contributed by atoms with E-state index in [1.54, 1.807) is 25.3 Å². The lowest BCUT2D eigenvalue weighted by molar-refractivity contribution is -0.114. The predicted octanol–water partition coefficient (Wildman–Crippen LogP) is 3.78. The van der Waals surface area contributed by atoms with Crippen LogP contribution in [0.4, 0.5) is 0 Å². The summed E-state index contributed by atoms with van der Waals surface area (Å²) in [4.78, 5) is 16.5. The van der Waals surface area contributed by atoms with Crippen LogP contribution in [0.1, 0.15) is 12.6 Å². The summed E-state index contributed by atoms with van der Waals surface area (Å²) in [5.41, 5.74) is 1.70. The van der Waals surface area contributed by atoms with Gasteiger partial charge >= 0.3 is 0 Å². The molecule has 9 heteroatoms. The summed E-state index contributed by atoms with van der Waals surface area (Å²) in [5, 5.41) is 15.6. The van der Waals surface area contributed by atoms with Crippen LogP contribution in [0.2, 0.25) is 5.02 Å². The Morgan fingerprint density at radius 2 is 2.15 bits per heavy atom. The normalized spacial score (nSPS) is 17.9. The number of carbonyl (C=O) groups is 1. The monoisotopic (exact) mass is 399 g/mol. The lowest BCUT2D eigenvalue weighted by atomic mass is 10.1. The van der Waals surface area contributed by atoms with E-state index < -0.39 is 5.91 Å². The molecule has 136 valence electrons. The van der Waals surface area contributed by atoms with Crippen molar-refractivity contribution in [2.75, 3.05) is 7.11 Å². The maximum atomic E-state index is 12.4. The Hall–Kier alpha value is -2.84. The van der Waals surface area contributed by atoms with E-state index in [0.29, 0.717) is 15.9 Å². The van der Waals surface area contributed by atoms with E-state index in [1.807, 2.05) is 35.9 Å². The van der Waals surface area contributed by atoms with Gasteiger partial charge in [-0.15, -0.1) is 0 Å². The SMILES string of the molecule is COc1ccc(-n2cccc2/C=C2\C(=N)N3N=C(C)SC3=NC2=O)cc1Cl. The smallest absolute Gasteiger partial charge is 0.283 e. The molecule has 4 rings (SSSR count). The Bertz CT molecular complexity index is 1070. The van der Waals surface area contributed by atoms with Crippen LogP contribution < -0.4 is 4.74 Å². The average Bonchev–Trinajstić information content (AvgIpc) is 3.24. The number of thioether (sulfide) groups is 1. The van der Waals surface area contributed by atoms with Crippen molar-refractivity contribution < 1.29 is 9.53 Å². The van der Waals surface area contributed by atoms with Crippen LogP contribution in [-0.4, -0.2) is 38.6 Å². The van der Waals surface area contributed by atoms with E-state index in [2.05, 4.69) is 10.1 Å². The van der Waals surface area contributed by atoms with Crippen molar-refractivity contribution in [3.63, 3.8) is 0 Å². The van der Waals surface area contributed by atoms with E-state index >= 15 is 0 Å². The van der Waals surface area contributed by atoms with Gasteiger partial charge in [0.2, 0.25) is 5.17 Å². The van der Waals surface area contributed by atoms with Crippen molar-refractivity contribution in [2.45, 2.75) is 6.92 Å². The lowest BCUT2D eigenvalue weighted by Crippen LogP contribution is -2.35. The Labute approximate surface area is 164 Å². The molecular weight excluding hydrogens is 386 g/mol. The summed E-state index contributed by atoms with van der Waals surface area (Å²) in [6, 6.07) is 9.11. The summed E-state index contributed by atoms with van der Waals surface area (Å²) in [6.07, 6.45) is 3.49. The van der Waals surface area contributed by atoms with Crippen molar-refractivity contribution in [3.05, 3.63) is 52.8 Å². The Morgan fingerprint density at radius 3 is 2.89 bits per heavy atom. The van der Waals surface area contributed by atoms with Gasteiger partial charge in [0.25, 0.3) is 5.91 Å². The highest BCUT2D eigenvalue weighted by atomic mass is 35.5. The number of hydrazone groups is 1. The van der Waals surface area contributed by atoms with Crippen molar-refractivity contribution in [3.8, 4) is 11.4 Å². The molecule has 0 spiro atoms. The highest BCUT2D eigenvalue weighted by molar-refractivity contribution is 8.26. The zero-order valence-corrected chi connectivity index (χ0v) is 16.0. The van der Waals surface area contributed by atoms with Crippen LogP contribution in [0, 0.1) is 5.41 Å². The Morgan fingerprint density at radius 1 is 1.33 bits per heavy atom. The molecule has 2 aliphatic heterocycles. The molecule has 3 heterocycles. The number of amides is 1. The number of hydrogen-bond donors (Lipinski definition) is 1. The van der Waals surface area contributed by atoms with Gasteiger partial charge in [0.1, 0.15) is 5.75 Å². The highest BCUT2D eigenvalue weighted by Crippen LogP contribution is 2.30. The standard InChI is InChI=1S/C18H14ClN5O2S/c1-10-22-24-16(20)13(17(25)21-18(24)27-10)8-11-4-3-7-23(11)12-5-6-15(26-2)14(19)9-12/h3-9,20H,1-2H3/b13-8+,20-16?. The Balaban J connectivity index is 1.74. The van der Waals surface area contributed by atoms with Crippen LogP contribution in [0.5, 0.6) is 5.75 Å². The summed E-state index contributed by atoms with van der Waals surface area (Å²) in [5.74, 6) is 0.136. The second-order valence-electron chi connectivity index (χ2n) is 5.76. The molecule has 0 atom stereocenters. The highest BCUT2D eigenvalue weighted by Gasteiger charge is 2.34. The summed E-state index contributed by atoms with van der Waals surface area (Å²) in [6.45, 7) is 1.81. The fourth-order valence-electron chi connectivity index (χ4n) is 2.79. The Kier molecular flexibility index (Phi) is 4.37. The van der Waals surface area contributed by atoms with Crippen LogP contribution in [0.3, 0.4) is 0 Å². The minimum atomic E-state index is -0.454. The average molecular weight is 400 g/mol. The molecular formula is C18H14ClN5O2S. The van der Waals surface area contributed by atoms with E-state index in [0.717, 1.165) is 16.4 Å². The van der Waals surface area contributed by atoms with Gasteiger partial charge in [-0.1, -0.05) is 11.6 Å². The van der Waals surface area contributed by atoms with Crippen molar-refractivity contribution in [1.82, 2.24) is 9.58 Å². The summed E-state index contributed by atoms with van der Waals surface area (Å²) in [7, 11) is 1.56. The molecule has 0 unspecified atom stereocenters. The van der Waals surface area contributed by atoms with E-state index in [-0.39, 0.29) is 11.4 Å². The molecule has 1 amide bonds. The van der Waals surface area contributed by atoms with E-state index in [9.17, 15) is 4.79 Å². The molecule has 1 aromatic heterocycles. The van der Waals surface area contributed by atoms with Gasteiger partial charge in [-0.2, -0.15) is 15.1 Å². The fourth-order valence-corrected chi connectivity index (χ4v) is 3.77. The molecule has 0 fully saturated rings. The number of carbonyl (C=O) groups excluding carboxylic acids is 1. The van der Waals surface area contributed by atoms with Gasteiger partial charge in [0.15, 0.2) is 5.84 Å². The lowest BCUT2D eigenvalue weighted by Gasteiger charge is -2.20. The first-order chi connectivity index (χ1) is 13.0. The third-order valence-corrected chi connectivity index (χ3v) is 5.16. The number of nitrogens with one attached hydrogen (secondary N) is 1. The van der Waals surface area contributed by atoms with Gasteiger partial charge in [-0.3, -0.25) is 10.2 Å². The number of nitrogens with zero attached hydrogens (tertiary/aromatic N) is 4. The second kappa shape index (κ2) is 6.71. The van der Waals surface area contributed by atoms with E-state index in [4.69, 9.17) is 21.7 Å². The van der Waals surface area contributed by atoms with Crippen molar-refractivity contribution in [2.24, 2.45) is 10.1 Å². The molecule has 1 N–H and O–H groups in total. The number of benzene rings is 1. The zero-order valence-electron chi connectivity index (χ0n) is 14.4. The molecule has 0 saturated heterocycles. The van der Waals surface area contributed by atoms with Gasteiger partial charge in [-0.05, 0) is 55.1 Å². The van der Waals surface area contributed by atoms with Crippen LogP contribution >= 0.6 is 23.4 Å². The van der Waals surface area contributed by atoms with Crippen LogP contribution in [0.25, 0.3) is 11.8 Å². The van der Waals surface area contributed by atoms with Crippen LogP contribution in [0.15, 0.2) is 52.2 Å². The quantitative estimate of drug-likeness (QED) is 0.796. The largest absolute Gasteiger partial charge is 0.495 e. The number of fused-ring (bicyclic) bond motifs is 1. The van der Waals surface area contributed by atoms with Crippen molar-refractivity contribution in [1.29, 1.82) is 5.41 Å². The predicted molar refractivity (Wildman–Crippen MR) is 108 cm³/mol. The molecule has 2 aromatic rings. The number of methoxy groups -OCH3 is 1.